The largest absolute Gasteiger partial charge is 0.324 e. The number of nitrogens with two attached hydrogens (primary N) is 1. The van der Waals surface area contributed by atoms with Crippen LogP contribution >= 0.6 is 0 Å². The zero-order valence-corrected chi connectivity index (χ0v) is 7.52. The third-order valence-electron chi connectivity index (χ3n) is 1.60. The van der Waals surface area contributed by atoms with Crippen LogP contribution in [0.25, 0.3) is 6.08 Å². The summed E-state index contributed by atoms with van der Waals surface area (Å²) in [5.74, 6) is 0.604. The van der Waals surface area contributed by atoms with E-state index in [2.05, 4.69) is 15.4 Å². The van der Waals surface area contributed by atoms with Crippen molar-refractivity contribution < 1.29 is 0 Å². The van der Waals surface area contributed by atoms with Crippen molar-refractivity contribution in [3.63, 3.8) is 0 Å². The Labute approximate surface area is 71.3 Å². The van der Waals surface area contributed by atoms with E-state index in [0.29, 0.717) is 5.82 Å². The highest BCUT2D eigenvalue weighted by atomic mass is 15.6. The summed E-state index contributed by atoms with van der Waals surface area (Å²) >= 11 is 0. The van der Waals surface area contributed by atoms with Gasteiger partial charge in [-0.25, -0.2) is 0 Å². The maximum absolute atomic E-state index is 5.64. The molecule has 0 aromatic carbocycles. The van der Waals surface area contributed by atoms with Gasteiger partial charge in [0.2, 0.25) is 0 Å². The first-order valence-electron chi connectivity index (χ1n) is 3.77. The van der Waals surface area contributed by atoms with Crippen molar-refractivity contribution in [2.75, 3.05) is 0 Å². The normalized spacial score (nSPS) is 14.8. The average molecular weight is 167 g/mol. The van der Waals surface area contributed by atoms with Gasteiger partial charge in [0, 0.05) is 6.04 Å². The van der Waals surface area contributed by atoms with Gasteiger partial charge in [0.25, 0.3) is 0 Å². The van der Waals surface area contributed by atoms with E-state index in [1.54, 1.807) is 7.05 Å². The van der Waals surface area contributed by atoms with Crippen LogP contribution in [-0.4, -0.2) is 26.2 Å². The van der Waals surface area contributed by atoms with Crippen LogP contribution in [0, 0.1) is 0 Å². The molecule has 0 aliphatic heterocycles. The maximum Gasteiger partial charge on any atom is 0.197 e. The minimum absolute atomic E-state index is 0.0359. The van der Waals surface area contributed by atoms with Gasteiger partial charge in [0.05, 0.1) is 7.05 Å². The highest BCUT2D eigenvalue weighted by Gasteiger charge is 2.00. The molecule has 0 aliphatic rings. The molecule has 1 heterocycles. The zero-order valence-electron chi connectivity index (χ0n) is 7.52. The minimum atomic E-state index is 0.0359. The molecule has 0 spiro atoms. The van der Waals surface area contributed by atoms with Crippen LogP contribution in [0.3, 0.4) is 0 Å². The highest BCUT2D eigenvalue weighted by molar-refractivity contribution is 5.44. The minimum Gasteiger partial charge on any atom is -0.324 e. The third-order valence-corrected chi connectivity index (χ3v) is 1.60. The van der Waals surface area contributed by atoms with Crippen molar-refractivity contribution in [2.45, 2.75) is 19.9 Å². The first-order valence-corrected chi connectivity index (χ1v) is 3.77. The molecule has 0 aliphatic carbocycles. The number of nitrogens with zero attached hydrogens (tertiary/aromatic N) is 4. The van der Waals surface area contributed by atoms with Crippen LogP contribution in [0.1, 0.15) is 19.7 Å². The summed E-state index contributed by atoms with van der Waals surface area (Å²) in [7, 11) is 1.73. The van der Waals surface area contributed by atoms with E-state index in [1.165, 1.54) is 4.80 Å². The number of tetrazole rings is 1. The van der Waals surface area contributed by atoms with Crippen molar-refractivity contribution in [1.82, 2.24) is 20.2 Å². The Balaban J connectivity index is 2.80. The van der Waals surface area contributed by atoms with Gasteiger partial charge in [0.1, 0.15) is 0 Å². The summed E-state index contributed by atoms with van der Waals surface area (Å²) in [6, 6.07) is 0.0359. The Hall–Kier alpha value is -1.23. The number of aromatic nitrogens is 4. The molecular weight excluding hydrogens is 154 g/mol. The van der Waals surface area contributed by atoms with E-state index in [4.69, 9.17) is 5.73 Å². The van der Waals surface area contributed by atoms with E-state index < -0.39 is 0 Å². The van der Waals surface area contributed by atoms with Crippen LogP contribution in [0.4, 0.5) is 0 Å². The molecule has 5 nitrogen and oxygen atoms in total. The Morgan fingerprint density at radius 1 is 1.67 bits per heavy atom. The lowest BCUT2D eigenvalue weighted by molar-refractivity contribution is 0.629. The van der Waals surface area contributed by atoms with Gasteiger partial charge in [-0.05, 0) is 25.1 Å². The smallest absolute Gasteiger partial charge is 0.197 e. The molecule has 0 fully saturated rings. The maximum atomic E-state index is 5.64. The van der Waals surface area contributed by atoms with E-state index in [9.17, 15) is 0 Å². The molecule has 66 valence electrons. The summed E-state index contributed by atoms with van der Waals surface area (Å²) in [5, 5.41) is 11.5. The van der Waals surface area contributed by atoms with Gasteiger partial charge in [-0.3, -0.25) is 0 Å². The molecule has 5 heteroatoms. The second kappa shape index (κ2) is 3.44. The van der Waals surface area contributed by atoms with Gasteiger partial charge in [0.15, 0.2) is 5.82 Å². The lowest BCUT2D eigenvalue weighted by Gasteiger charge is -2.01. The van der Waals surface area contributed by atoms with Crippen LogP contribution in [0.5, 0.6) is 0 Å². The lowest BCUT2D eigenvalue weighted by atomic mass is 10.1. The fraction of sp³-hybridized carbons (Fsp3) is 0.571. The van der Waals surface area contributed by atoms with Gasteiger partial charge >= 0.3 is 0 Å². The van der Waals surface area contributed by atoms with E-state index >= 15 is 0 Å². The van der Waals surface area contributed by atoms with Gasteiger partial charge in [-0.1, -0.05) is 5.57 Å². The van der Waals surface area contributed by atoms with Crippen molar-refractivity contribution in [2.24, 2.45) is 12.8 Å². The molecule has 1 aromatic rings. The average Bonchev–Trinajstić information content (AvgIpc) is 2.35. The Morgan fingerprint density at radius 3 is 2.75 bits per heavy atom. The topological polar surface area (TPSA) is 69.6 Å². The monoisotopic (exact) mass is 167 g/mol. The molecule has 2 N–H and O–H groups in total. The summed E-state index contributed by atoms with van der Waals surface area (Å²) in [5.41, 5.74) is 6.68. The predicted octanol–water partition coefficient (Wildman–Crippen LogP) is -0.0394. The first kappa shape index (κ1) is 8.86. The Morgan fingerprint density at radius 2 is 2.33 bits per heavy atom. The Kier molecular flexibility index (Phi) is 2.54. The van der Waals surface area contributed by atoms with Crippen LogP contribution in [-0.2, 0) is 7.05 Å². The first-order chi connectivity index (χ1) is 5.59. The summed E-state index contributed by atoms with van der Waals surface area (Å²) in [6.07, 6.45) is 1.83. The van der Waals surface area contributed by atoms with Crippen molar-refractivity contribution >= 4 is 6.08 Å². The van der Waals surface area contributed by atoms with Crippen molar-refractivity contribution in [3.8, 4) is 0 Å². The SMILES string of the molecule is C/C(=C\c1nnn(C)n1)C(C)N. The van der Waals surface area contributed by atoms with Gasteiger partial charge in [-0.2, -0.15) is 4.80 Å². The van der Waals surface area contributed by atoms with Crippen LogP contribution in [0.15, 0.2) is 5.57 Å². The Bertz CT molecular complexity index is 286. The molecule has 12 heavy (non-hydrogen) atoms. The quantitative estimate of drug-likeness (QED) is 0.671. The summed E-state index contributed by atoms with van der Waals surface area (Å²) < 4.78 is 0. The van der Waals surface area contributed by atoms with E-state index in [-0.39, 0.29) is 6.04 Å². The van der Waals surface area contributed by atoms with Crippen LogP contribution in [0.2, 0.25) is 0 Å². The number of aryl methyl sites for hydroxylation is 1. The molecule has 1 aromatic heterocycles. The molecule has 0 bridgehead atoms. The molecule has 0 amide bonds. The molecule has 1 unspecified atom stereocenters. The summed E-state index contributed by atoms with van der Waals surface area (Å²) in [6.45, 7) is 3.86. The number of hydrogen-bond acceptors (Lipinski definition) is 4. The van der Waals surface area contributed by atoms with Gasteiger partial charge in [-0.15, -0.1) is 10.2 Å². The van der Waals surface area contributed by atoms with E-state index in [0.717, 1.165) is 5.57 Å². The predicted molar refractivity (Wildman–Crippen MR) is 46.1 cm³/mol. The van der Waals surface area contributed by atoms with Crippen molar-refractivity contribution in [1.29, 1.82) is 0 Å². The second-order valence-corrected chi connectivity index (χ2v) is 2.81. The standard InChI is InChI=1S/C7H13N5/c1-5(6(2)8)4-7-9-11-12(3)10-7/h4,6H,8H2,1-3H3/b5-4+. The molecule has 1 atom stereocenters. The molecule has 0 radical (unpaired) electrons. The third kappa shape index (κ3) is 2.13. The number of hydrogen-bond donors (Lipinski definition) is 1. The second-order valence-electron chi connectivity index (χ2n) is 2.81. The molecule has 0 saturated heterocycles. The number of rotatable bonds is 2. The van der Waals surface area contributed by atoms with Gasteiger partial charge < -0.3 is 5.73 Å². The highest BCUT2D eigenvalue weighted by Crippen LogP contribution is 2.02. The van der Waals surface area contributed by atoms with Crippen molar-refractivity contribution in [3.05, 3.63) is 11.4 Å². The fourth-order valence-corrected chi connectivity index (χ4v) is 0.692. The summed E-state index contributed by atoms with van der Waals surface area (Å²) in [4.78, 5) is 1.42. The fourth-order valence-electron chi connectivity index (χ4n) is 0.692. The molecular formula is C7H13N5. The van der Waals surface area contributed by atoms with E-state index in [1.807, 2.05) is 19.9 Å². The molecule has 0 saturated carbocycles. The lowest BCUT2D eigenvalue weighted by Crippen LogP contribution is -2.15. The van der Waals surface area contributed by atoms with Crippen LogP contribution < -0.4 is 5.73 Å². The zero-order chi connectivity index (χ0) is 9.14. The molecule has 1 rings (SSSR count).